The van der Waals surface area contributed by atoms with Gasteiger partial charge in [0.05, 0.1) is 29.4 Å². The minimum Gasteiger partial charge on any atom is -0.404 e. The smallest absolute Gasteiger partial charge is 0.404 e. The van der Waals surface area contributed by atoms with Crippen molar-refractivity contribution in [2.24, 2.45) is 17.3 Å². The van der Waals surface area contributed by atoms with Gasteiger partial charge in [-0.3, -0.25) is 19.0 Å². The Kier molecular flexibility index (Phi) is 9.38. The topological polar surface area (TPSA) is 124 Å². The number of nitrogens with zero attached hydrogens (tertiary/aromatic N) is 2. The lowest BCUT2D eigenvalue weighted by molar-refractivity contribution is -0.185. The molecule has 3 aliphatic carbocycles. The van der Waals surface area contributed by atoms with Crippen LogP contribution in [0.3, 0.4) is 0 Å². The summed E-state index contributed by atoms with van der Waals surface area (Å²) in [6, 6.07) is 17.1. The highest BCUT2D eigenvalue weighted by atomic mass is 19.4. The van der Waals surface area contributed by atoms with Crippen molar-refractivity contribution >= 4 is 41.1 Å². The van der Waals surface area contributed by atoms with E-state index in [0.717, 1.165) is 35.7 Å². The van der Waals surface area contributed by atoms with Gasteiger partial charge in [-0.15, -0.1) is 0 Å². The molecule has 0 spiro atoms. The zero-order chi connectivity index (χ0) is 39.8. The Labute approximate surface area is 324 Å². The fourth-order valence-electron chi connectivity index (χ4n) is 9.79. The summed E-state index contributed by atoms with van der Waals surface area (Å²) in [4.78, 5) is 47.2. The van der Waals surface area contributed by atoms with Crippen LogP contribution in [0.25, 0.3) is 10.8 Å². The highest BCUT2D eigenvalue weighted by Gasteiger charge is 2.67. The number of carbonyl (C=O) groups is 2. The summed E-state index contributed by atoms with van der Waals surface area (Å²) >= 11 is 0. The monoisotopic (exact) mass is 769 g/mol. The normalized spacial score (nSPS) is 27.9. The number of nitrogens with one attached hydrogen (secondary N) is 3. The summed E-state index contributed by atoms with van der Waals surface area (Å²) in [6.07, 6.45) is -0.776. The van der Waals surface area contributed by atoms with Gasteiger partial charge in [0.15, 0.2) is 0 Å². The van der Waals surface area contributed by atoms with Gasteiger partial charge >= 0.3 is 13.3 Å². The molecule has 294 valence electrons. The Morgan fingerprint density at radius 1 is 1.02 bits per heavy atom. The fraction of sp³-hybridized carbons (Fsp3) is 0.476. The molecule has 4 aromatic rings. The van der Waals surface area contributed by atoms with Crippen LogP contribution >= 0.6 is 0 Å². The Morgan fingerprint density at radius 3 is 2.52 bits per heavy atom. The van der Waals surface area contributed by atoms with Crippen LogP contribution in [0.15, 0.2) is 77.7 Å². The van der Waals surface area contributed by atoms with Gasteiger partial charge in [-0.25, -0.2) is 4.98 Å². The largest absolute Gasteiger partial charge is 0.481 e. The van der Waals surface area contributed by atoms with E-state index in [1.54, 1.807) is 0 Å². The summed E-state index contributed by atoms with van der Waals surface area (Å²) < 4.78 is 54.8. The molecule has 3 aromatic carbocycles. The molecule has 14 heteroatoms. The van der Waals surface area contributed by atoms with Crippen LogP contribution in [0.4, 0.5) is 24.5 Å². The molecular weight excluding hydrogens is 722 g/mol. The van der Waals surface area contributed by atoms with E-state index in [2.05, 4.69) is 41.7 Å². The Balaban J connectivity index is 1.07. The molecule has 3 N–H and O–H groups in total. The van der Waals surface area contributed by atoms with Crippen LogP contribution < -0.4 is 21.5 Å². The molecule has 56 heavy (non-hydrogen) atoms. The Morgan fingerprint density at radius 2 is 1.77 bits per heavy atom. The third kappa shape index (κ3) is 6.58. The molecule has 3 heterocycles. The number of hydrogen-bond acceptors (Lipinski definition) is 7. The van der Waals surface area contributed by atoms with Crippen molar-refractivity contribution in [3.63, 3.8) is 0 Å². The van der Waals surface area contributed by atoms with E-state index < -0.39 is 53.3 Å². The summed E-state index contributed by atoms with van der Waals surface area (Å²) in [6.45, 7) is 10.3. The zero-order valence-corrected chi connectivity index (χ0v) is 32.2. The number of carbonyl (C=O) groups excluding carboxylic acids is 2. The van der Waals surface area contributed by atoms with Crippen LogP contribution in [0.5, 0.6) is 0 Å². The minimum atomic E-state index is -4.52. The quantitative estimate of drug-likeness (QED) is 0.144. The van der Waals surface area contributed by atoms with E-state index >= 15 is 0 Å². The maximum atomic E-state index is 14.5. The third-order valence-corrected chi connectivity index (χ3v) is 13.1. The van der Waals surface area contributed by atoms with Crippen molar-refractivity contribution in [1.82, 2.24) is 14.9 Å². The van der Waals surface area contributed by atoms with Gasteiger partial charge in [0.1, 0.15) is 17.6 Å². The SMILES string of the molecule is CC[C@H](NC(=O)[C@@H]1C[C@@](C)(CC(=O)Nc2cccc3ccccc23)c2ncc(NCc3cccc(C(F)(F)F)c3)c(=O)n21)B1OC2C3CC(C[C@]2(C)O1)C3(C)C. The number of alkyl halides is 3. The molecule has 2 bridgehead atoms. The minimum absolute atomic E-state index is 0.0153. The maximum Gasteiger partial charge on any atom is 0.481 e. The van der Waals surface area contributed by atoms with Crippen molar-refractivity contribution in [3.05, 3.63) is 100 Å². The number of anilines is 2. The van der Waals surface area contributed by atoms with E-state index in [0.29, 0.717) is 29.5 Å². The summed E-state index contributed by atoms with van der Waals surface area (Å²) in [7, 11) is -0.678. The van der Waals surface area contributed by atoms with Gasteiger partial charge in [0.2, 0.25) is 11.8 Å². The molecular formula is C42H47BF3N5O5. The second kappa shape index (κ2) is 13.8. The lowest BCUT2D eigenvalue weighted by Crippen LogP contribution is -2.63. The molecule has 3 unspecified atom stereocenters. The molecule has 3 saturated carbocycles. The molecule has 2 aliphatic heterocycles. The number of amides is 2. The number of halogens is 3. The number of benzene rings is 3. The third-order valence-electron chi connectivity index (χ3n) is 13.1. The van der Waals surface area contributed by atoms with E-state index in [4.69, 9.17) is 9.31 Å². The second-order valence-corrected chi connectivity index (χ2v) is 17.2. The first kappa shape index (κ1) is 38.2. The molecule has 4 fully saturated rings. The van der Waals surface area contributed by atoms with Crippen molar-refractivity contribution < 1.29 is 32.1 Å². The first-order valence-electron chi connectivity index (χ1n) is 19.4. The van der Waals surface area contributed by atoms with E-state index in [1.165, 1.54) is 22.9 Å². The van der Waals surface area contributed by atoms with Gasteiger partial charge in [0.25, 0.3) is 5.56 Å². The van der Waals surface area contributed by atoms with Crippen LogP contribution in [-0.4, -0.2) is 46.1 Å². The number of fused-ring (bicyclic) bond motifs is 2. The lowest BCUT2D eigenvalue weighted by Gasteiger charge is -2.63. The summed E-state index contributed by atoms with van der Waals surface area (Å²) in [5.74, 6) is -0.0883. The highest BCUT2D eigenvalue weighted by Crippen LogP contribution is 2.64. The number of hydrogen-bond donors (Lipinski definition) is 3. The number of aromatic nitrogens is 2. The van der Waals surface area contributed by atoms with E-state index in [9.17, 15) is 27.6 Å². The molecule has 1 aromatic heterocycles. The van der Waals surface area contributed by atoms with Crippen molar-refractivity contribution in [2.75, 3.05) is 10.6 Å². The van der Waals surface area contributed by atoms with Crippen molar-refractivity contribution in [3.8, 4) is 0 Å². The Bertz CT molecular complexity index is 2260. The maximum absolute atomic E-state index is 14.5. The predicted octanol–water partition coefficient (Wildman–Crippen LogP) is 7.42. The average Bonchev–Trinajstić information content (AvgIpc) is 3.67. The van der Waals surface area contributed by atoms with Gasteiger partial charge in [-0.05, 0) is 79.0 Å². The second-order valence-electron chi connectivity index (χ2n) is 17.2. The van der Waals surface area contributed by atoms with Crippen LogP contribution in [0.1, 0.15) is 89.7 Å². The highest BCUT2D eigenvalue weighted by molar-refractivity contribution is 6.47. The van der Waals surface area contributed by atoms with Crippen LogP contribution in [0, 0.1) is 17.3 Å². The van der Waals surface area contributed by atoms with Crippen molar-refractivity contribution in [1.29, 1.82) is 0 Å². The lowest BCUT2D eigenvalue weighted by atomic mass is 9.45. The predicted molar refractivity (Wildman–Crippen MR) is 208 cm³/mol. The van der Waals surface area contributed by atoms with E-state index in [1.807, 2.05) is 56.3 Å². The molecule has 0 radical (unpaired) electrons. The zero-order valence-electron chi connectivity index (χ0n) is 32.2. The molecule has 7 atom stereocenters. The van der Waals surface area contributed by atoms with Crippen molar-refractivity contribution in [2.45, 2.75) is 109 Å². The number of rotatable bonds is 10. The molecule has 1 saturated heterocycles. The first-order valence-corrected chi connectivity index (χ1v) is 19.4. The first-order chi connectivity index (χ1) is 26.5. The summed E-state index contributed by atoms with van der Waals surface area (Å²) in [5.41, 5.74) is -1.73. The standard InChI is InChI=1S/C42H47BF3N5O5/c1-6-33(43-55-35-29-18-27(39(29,2)3)19-41(35,5)56-43)50-36(53)32-20-40(4,21-34(52)49-30-16-10-13-25-12-7-8-15-28(25)30)38-48-23-31(37(54)51(32)38)47-22-24-11-9-14-26(17-24)42(44,45)46/h7-17,23,27,29,32-33,35,47H,6,18-22H2,1-5H3,(H,49,52)(H,50,53)/t27?,29?,32-,33-,35?,40-,41-/m0/s1. The molecule has 5 aliphatic rings. The molecule has 10 nitrogen and oxygen atoms in total. The van der Waals surface area contributed by atoms with Gasteiger partial charge < -0.3 is 25.3 Å². The fourth-order valence-corrected chi connectivity index (χ4v) is 9.79. The van der Waals surface area contributed by atoms with Gasteiger partial charge in [0, 0.05) is 29.5 Å². The average molecular weight is 770 g/mol. The molecule has 2 amide bonds. The Hall–Kier alpha value is -4.69. The molecule has 9 rings (SSSR count). The van der Waals surface area contributed by atoms with Crippen LogP contribution in [-0.2, 0) is 37.0 Å². The van der Waals surface area contributed by atoms with Crippen LogP contribution in [0.2, 0.25) is 0 Å². The van der Waals surface area contributed by atoms with E-state index in [-0.39, 0.29) is 48.3 Å². The van der Waals surface area contributed by atoms with Gasteiger partial charge in [-0.2, -0.15) is 13.2 Å². The summed E-state index contributed by atoms with van der Waals surface area (Å²) in [5, 5.41) is 11.0. The van der Waals surface area contributed by atoms with Gasteiger partial charge in [-0.1, -0.05) is 76.2 Å².